The highest BCUT2D eigenvalue weighted by Crippen LogP contribution is 2.35. The van der Waals surface area contributed by atoms with Crippen LogP contribution in [0.5, 0.6) is 0 Å². The molecule has 2 aromatic heterocycles. The van der Waals surface area contributed by atoms with Crippen LogP contribution in [0.2, 0.25) is 5.02 Å². The third-order valence-electron chi connectivity index (χ3n) is 8.16. The predicted octanol–water partition coefficient (Wildman–Crippen LogP) is 5.80. The Balaban J connectivity index is 1.31. The molecule has 204 valence electrons. The summed E-state index contributed by atoms with van der Waals surface area (Å²) in [6.07, 6.45) is 4.94. The Kier molecular flexibility index (Phi) is 7.16. The predicted molar refractivity (Wildman–Crippen MR) is 150 cm³/mol. The second-order valence-electron chi connectivity index (χ2n) is 10.5. The van der Waals surface area contributed by atoms with E-state index in [1.165, 1.54) is 18.4 Å². The van der Waals surface area contributed by atoms with Gasteiger partial charge >= 0.3 is 5.97 Å². The number of rotatable bonds is 7. The first kappa shape index (κ1) is 26.0. The molecule has 2 aliphatic heterocycles. The van der Waals surface area contributed by atoms with Gasteiger partial charge in [0.15, 0.2) is 6.04 Å². The van der Waals surface area contributed by atoms with Crippen LogP contribution in [0.4, 0.5) is 4.39 Å². The monoisotopic (exact) mass is 549 g/mol. The summed E-state index contributed by atoms with van der Waals surface area (Å²) in [5.74, 6) is 0.117. The number of piperidine rings is 1. The van der Waals surface area contributed by atoms with Crippen molar-refractivity contribution in [2.45, 2.75) is 57.8 Å². The standard InChI is InChI=1S/C30H33ClFN5O2/c1-3-35-11-9-21(10-12-35)19-5-7-20(8-6-19)22-13-25(31)24-17-37(34-26(24)14-22)29(30(38)39-4-2)28-27-15-23(32)16-36(27)18-33-28/h5-8,13-14,17-18,21,23,29H,3-4,9-12,15-16H2,1-2H3. The molecule has 39 heavy (non-hydrogen) atoms. The smallest absolute Gasteiger partial charge is 0.337 e. The van der Waals surface area contributed by atoms with Crippen molar-refractivity contribution in [2.24, 2.45) is 0 Å². The maximum Gasteiger partial charge on any atom is 0.337 e. The Morgan fingerprint density at radius 3 is 2.64 bits per heavy atom. The van der Waals surface area contributed by atoms with Crippen molar-refractivity contribution in [1.29, 1.82) is 0 Å². The lowest BCUT2D eigenvalue weighted by Crippen LogP contribution is -2.32. The summed E-state index contributed by atoms with van der Waals surface area (Å²) < 4.78 is 22.8. The Hall–Kier alpha value is -3.23. The minimum absolute atomic E-state index is 0.213. The SMILES string of the molecule is CCOC(=O)C(c1ncn2c1CC(F)C2)n1cc2c(Cl)cc(-c3ccc(C4CCN(CC)CC4)cc3)cc2n1. The van der Waals surface area contributed by atoms with Gasteiger partial charge in [-0.3, -0.25) is 4.68 Å². The molecule has 4 heterocycles. The summed E-state index contributed by atoms with van der Waals surface area (Å²) >= 11 is 6.75. The van der Waals surface area contributed by atoms with E-state index in [4.69, 9.17) is 21.4 Å². The molecule has 9 heteroatoms. The second kappa shape index (κ2) is 10.7. The summed E-state index contributed by atoms with van der Waals surface area (Å²) in [7, 11) is 0. The lowest BCUT2D eigenvalue weighted by Gasteiger charge is -2.31. The number of likely N-dealkylation sites (tertiary alicyclic amines) is 1. The highest BCUT2D eigenvalue weighted by molar-refractivity contribution is 6.35. The first-order valence-corrected chi connectivity index (χ1v) is 14.2. The number of hydrogen-bond acceptors (Lipinski definition) is 5. The summed E-state index contributed by atoms with van der Waals surface area (Å²) in [6.45, 7) is 7.87. The first-order chi connectivity index (χ1) is 18.9. The summed E-state index contributed by atoms with van der Waals surface area (Å²) in [5, 5.41) is 6.03. The van der Waals surface area contributed by atoms with Crippen molar-refractivity contribution in [3.05, 3.63) is 70.9 Å². The zero-order valence-electron chi connectivity index (χ0n) is 22.3. The number of carbonyl (C=O) groups is 1. The number of alkyl halides is 1. The topological polar surface area (TPSA) is 65.2 Å². The van der Waals surface area contributed by atoms with Crippen LogP contribution in [-0.2, 0) is 22.5 Å². The Labute approximate surface area is 232 Å². The first-order valence-electron chi connectivity index (χ1n) is 13.8. The zero-order chi connectivity index (χ0) is 27.1. The van der Waals surface area contributed by atoms with E-state index < -0.39 is 18.2 Å². The molecule has 0 aliphatic carbocycles. The number of aromatic nitrogens is 4. The fourth-order valence-corrected chi connectivity index (χ4v) is 6.28. The van der Waals surface area contributed by atoms with Gasteiger partial charge in [-0.05, 0) is 74.1 Å². The van der Waals surface area contributed by atoms with Crippen molar-refractivity contribution in [2.75, 3.05) is 26.2 Å². The van der Waals surface area contributed by atoms with E-state index in [0.29, 0.717) is 27.8 Å². The molecule has 0 N–H and O–H groups in total. The molecule has 4 aromatic rings. The number of nitrogens with zero attached hydrogens (tertiary/aromatic N) is 5. The van der Waals surface area contributed by atoms with Crippen LogP contribution in [0, 0.1) is 0 Å². The van der Waals surface area contributed by atoms with Gasteiger partial charge in [0.2, 0.25) is 0 Å². The van der Waals surface area contributed by atoms with Gasteiger partial charge in [0.05, 0.1) is 35.7 Å². The second-order valence-corrected chi connectivity index (χ2v) is 10.9. The van der Waals surface area contributed by atoms with E-state index in [0.717, 1.165) is 36.1 Å². The summed E-state index contributed by atoms with van der Waals surface area (Å²) in [6, 6.07) is 11.8. The lowest BCUT2D eigenvalue weighted by atomic mass is 9.88. The van der Waals surface area contributed by atoms with Gasteiger partial charge < -0.3 is 14.2 Å². The quantitative estimate of drug-likeness (QED) is 0.273. The van der Waals surface area contributed by atoms with E-state index in [1.807, 2.05) is 12.1 Å². The number of hydrogen-bond donors (Lipinski definition) is 0. The van der Waals surface area contributed by atoms with Crippen LogP contribution < -0.4 is 0 Å². The number of esters is 1. The van der Waals surface area contributed by atoms with Crippen LogP contribution in [0.25, 0.3) is 22.0 Å². The molecule has 0 saturated carbocycles. The number of imidazole rings is 1. The van der Waals surface area contributed by atoms with E-state index in [2.05, 4.69) is 41.1 Å². The van der Waals surface area contributed by atoms with E-state index in [9.17, 15) is 9.18 Å². The van der Waals surface area contributed by atoms with Gasteiger partial charge in [0, 0.05) is 23.7 Å². The third kappa shape index (κ3) is 4.96. The van der Waals surface area contributed by atoms with E-state index in [1.54, 1.807) is 28.7 Å². The van der Waals surface area contributed by atoms with Crippen molar-refractivity contribution in [1.82, 2.24) is 24.2 Å². The summed E-state index contributed by atoms with van der Waals surface area (Å²) in [4.78, 5) is 20.1. The van der Waals surface area contributed by atoms with Gasteiger partial charge in [0.25, 0.3) is 0 Å². The highest BCUT2D eigenvalue weighted by Gasteiger charge is 2.35. The molecule has 0 spiro atoms. The lowest BCUT2D eigenvalue weighted by molar-refractivity contribution is -0.146. The number of carbonyl (C=O) groups excluding carboxylic acids is 1. The van der Waals surface area contributed by atoms with Gasteiger partial charge in [-0.1, -0.05) is 42.8 Å². The van der Waals surface area contributed by atoms with Crippen LogP contribution in [0.15, 0.2) is 48.9 Å². The maximum absolute atomic E-state index is 14.1. The van der Waals surface area contributed by atoms with Crippen LogP contribution >= 0.6 is 11.6 Å². The Morgan fingerprint density at radius 1 is 1.15 bits per heavy atom. The highest BCUT2D eigenvalue weighted by atomic mass is 35.5. The number of halogens is 2. The Morgan fingerprint density at radius 2 is 1.92 bits per heavy atom. The van der Waals surface area contributed by atoms with Crippen molar-refractivity contribution in [3.8, 4) is 11.1 Å². The van der Waals surface area contributed by atoms with Crippen molar-refractivity contribution in [3.63, 3.8) is 0 Å². The molecule has 1 fully saturated rings. The molecule has 1 saturated heterocycles. The molecule has 0 bridgehead atoms. The number of ether oxygens (including phenoxy) is 1. The summed E-state index contributed by atoms with van der Waals surface area (Å²) in [5.41, 5.74) is 5.24. The molecule has 2 aliphatic rings. The largest absolute Gasteiger partial charge is 0.464 e. The minimum atomic E-state index is -0.992. The van der Waals surface area contributed by atoms with Crippen molar-refractivity contribution < 1.29 is 13.9 Å². The average molecular weight is 550 g/mol. The fraction of sp³-hybridized carbons (Fsp3) is 0.433. The normalized spacial score (nSPS) is 18.9. The van der Waals surface area contributed by atoms with Gasteiger partial charge in [0.1, 0.15) is 6.17 Å². The molecule has 0 amide bonds. The van der Waals surface area contributed by atoms with Gasteiger partial charge in [-0.2, -0.15) is 5.10 Å². The van der Waals surface area contributed by atoms with Crippen LogP contribution in [0.3, 0.4) is 0 Å². The van der Waals surface area contributed by atoms with Crippen LogP contribution in [-0.4, -0.2) is 62.6 Å². The van der Waals surface area contributed by atoms with Crippen molar-refractivity contribution >= 4 is 28.5 Å². The third-order valence-corrected chi connectivity index (χ3v) is 8.48. The fourth-order valence-electron chi connectivity index (χ4n) is 6.01. The molecule has 2 atom stereocenters. The number of fused-ring (bicyclic) bond motifs is 2. The minimum Gasteiger partial charge on any atom is -0.464 e. The average Bonchev–Trinajstić information content (AvgIpc) is 3.64. The molecule has 2 aromatic carbocycles. The number of benzene rings is 2. The van der Waals surface area contributed by atoms with E-state index >= 15 is 0 Å². The molecule has 2 unspecified atom stereocenters. The molecule has 0 radical (unpaired) electrons. The maximum atomic E-state index is 14.1. The molecular formula is C30H33ClFN5O2. The van der Waals surface area contributed by atoms with Crippen LogP contribution in [0.1, 0.15) is 55.6 Å². The molecule has 6 rings (SSSR count). The molecular weight excluding hydrogens is 517 g/mol. The Bertz CT molecular complexity index is 1490. The zero-order valence-corrected chi connectivity index (χ0v) is 23.1. The van der Waals surface area contributed by atoms with Gasteiger partial charge in [-0.15, -0.1) is 0 Å². The van der Waals surface area contributed by atoms with E-state index in [-0.39, 0.29) is 19.6 Å². The molecule has 7 nitrogen and oxygen atoms in total. The van der Waals surface area contributed by atoms with Gasteiger partial charge in [-0.25, -0.2) is 14.2 Å².